The molecule has 4 unspecified atom stereocenters. The smallest absolute Gasteiger partial charge is 0.309 e. The summed E-state index contributed by atoms with van der Waals surface area (Å²) in [7, 11) is 4.05. The largest absolute Gasteiger partial charge is 0.465 e. The fourth-order valence-corrected chi connectivity index (χ4v) is 8.48. The Morgan fingerprint density at radius 3 is 1.62 bits per heavy atom. The number of nitrogens with zero attached hydrogens (tertiary/aromatic N) is 1. The number of carbonyl (C=O) groups excluding carboxylic acids is 2. The van der Waals surface area contributed by atoms with E-state index in [0.29, 0.717) is 32.8 Å². The van der Waals surface area contributed by atoms with Gasteiger partial charge in [-0.2, -0.15) is 0 Å². The maximum absolute atomic E-state index is 13.3. The Hall–Kier alpha value is -2.48. The standard InChI is InChI=1S/C57H101NO6/c1-6-9-12-14-16-18-20-22-24-26-28-30-32-34-36-39-46-61-50-53(62-47-40-37-35-33-31-29-27-25-23-21-19-17-15-13-10-7-2)51-64-56(59)49-52-43-44-55(54(52)42-38-11-8-3)57(60)63-48-41-45-58(4)5/h11,16-19,22-25,38,52-55H,6-10,12-15,20-21,26-37,39-51H2,1-5H3/b18-16-,19-17-,24-22-,25-23-,38-11-. The third kappa shape index (κ3) is 36.7. The predicted octanol–water partition coefficient (Wildman–Crippen LogP) is 15.4. The highest BCUT2D eigenvalue weighted by Crippen LogP contribution is 2.42. The van der Waals surface area contributed by atoms with Gasteiger partial charge in [0, 0.05) is 26.2 Å². The van der Waals surface area contributed by atoms with E-state index < -0.39 is 0 Å². The van der Waals surface area contributed by atoms with E-state index in [2.05, 4.69) is 86.4 Å². The minimum absolute atomic E-state index is 0.0880. The van der Waals surface area contributed by atoms with Crippen LogP contribution >= 0.6 is 0 Å². The lowest BCUT2D eigenvalue weighted by Crippen LogP contribution is -2.29. The Labute approximate surface area is 395 Å². The van der Waals surface area contributed by atoms with Gasteiger partial charge in [-0.15, -0.1) is 0 Å². The molecular formula is C57H101NO6. The molecule has 1 saturated carbocycles. The molecule has 0 aromatic carbocycles. The number of rotatable bonds is 45. The summed E-state index contributed by atoms with van der Waals surface area (Å²) in [4.78, 5) is 28.6. The minimum atomic E-state index is -0.275. The Balaban J connectivity index is 2.49. The van der Waals surface area contributed by atoms with Crippen molar-refractivity contribution in [2.45, 2.75) is 219 Å². The lowest BCUT2D eigenvalue weighted by atomic mass is 9.84. The summed E-state index contributed by atoms with van der Waals surface area (Å²) < 4.78 is 24.1. The van der Waals surface area contributed by atoms with Gasteiger partial charge in [0.15, 0.2) is 0 Å². The molecule has 0 amide bonds. The van der Waals surface area contributed by atoms with Crippen molar-refractivity contribution in [3.63, 3.8) is 0 Å². The molecule has 4 atom stereocenters. The minimum Gasteiger partial charge on any atom is -0.465 e. The van der Waals surface area contributed by atoms with E-state index in [0.717, 1.165) is 70.8 Å². The van der Waals surface area contributed by atoms with Gasteiger partial charge in [-0.3, -0.25) is 9.59 Å². The van der Waals surface area contributed by atoms with Crippen LogP contribution in [0.5, 0.6) is 0 Å². The van der Waals surface area contributed by atoms with E-state index >= 15 is 0 Å². The maximum Gasteiger partial charge on any atom is 0.309 e. The van der Waals surface area contributed by atoms with Crippen molar-refractivity contribution < 1.29 is 28.5 Å². The zero-order valence-electron chi connectivity index (χ0n) is 42.4. The first-order chi connectivity index (χ1) is 31.4. The molecule has 1 aliphatic carbocycles. The molecule has 1 fully saturated rings. The fourth-order valence-electron chi connectivity index (χ4n) is 8.48. The van der Waals surface area contributed by atoms with Crippen LogP contribution in [-0.4, -0.2) is 76.6 Å². The summed E-state index contributed by atoms with van der Waals surface area (Å²) in [6.45, 7) is 9.94. The number of ether oxygens (including phenoxy) is 4. The highest BCUT2D eigenvalue weighted by molar-refractivity contribution is 5.74. The van der Waals surface area contributed by atoms with Gasteiger partial charge in [0.1, 0.15) is 12.7 Å². The van der Waals surface area contributed by atoms with Crippen LogP contribution in [0.4, 0.5) is 0 Å². The number of unbranched alkanes of at least 4 members (excludes halogenated alkanes) is 18. The highest BCUT2D eigenvalue weighted by atomic mass is 16.6. The molecule has 0 aliphatic heterocycles. The molecule has 1 rings (SSSR count). The van der Waals surface area contributed by atoms with Crippen molar-refractivity contribution in [2.75, 3.05) is 53.7 Å². The van der Waals surface area contributed by atoms with E-state index in [1.54, 1.807) is 0 Å². The molecule has 0 saturated heterocycles. The summed E-state index contributed by atoms with van der Waals surface area (Å²) in [5, 5.41) is 0. The van der Waals surface area contributed by atoms with Crippen LogP contribution in [-0.2, 0) is 28.5 Å². The van der Waals surface area contributed by atoms with Gasteiger partial charge in [0.2, 0.25) is 0 Å². The van der Waals surface area contributed by atoms with Crippen molar-refractivity contribution in [1.82, 2.24) is 4.90 Å². The Morgan fingerprint density at radius 2 is 1.08 bits per heavy atom. The molecule has 0 bridgehead atoms. The van der Waals surface area contributed by atoms with E-state index in [9.17, 15) is 9.59 Å². The first kappa shape index (κ1) is 59.5. The highest BCUT2D eigenvalue weighted by Gasteiger charge is 2.41. The quantitative estimate of drug-likeness (QED) is 0.0342. The van der Waals surface area contributed by atoms with Crippen LogP contribution in [0.25, 0.3) is 0 Å². The van der Waals surface area contributed by atoms with Gasteiger partial charge >= 0.3 is 11.9 Å². The molecular weight excluding hydrogens is 795 g/mol. The second kappa shape index (κ2) is 45.7. The van der Waals surface area contributed by atoms with Crippen molar-refractivity contribution in [1.29, 1.82) is 0 Å². The topological polar surface area (TPSA) is 74.3 Å². The van der Waals surface area contributed by atoms with Crippen LogP contribution in [0, 0.1) is 17.8 Å². The lowest BCUT2D eigenvalue weighted by molar-refractivity contribution is -0.153. The molecule has 0 radical (unpaired) electrons. The summed E-state index contributed by atoms with van der Waals surface area (Å²) in [5.41, 5.74) is 0. The lowest BCUT2D eigenvalue weighted by Gasteiger charge is -2.23. The number of allylic oxidation sites excluding steroid dienone is 10. The Morgan fingerprint density at radius 1 is 0.547 bits per heavy atom. The van der Waals surface area contributed by atoms with Gasteiger partial charge in [-0.05, 0) is 135 Å². The van der Waals surface area contributed by atoms with Crippen LogP contribution < -0.4 is 0 Å². The Kier molecular flexibility index (Phi) is 42.5. The predicted molar refractivity (Wildman–Crippen MR) is 273 cm³/mol. The number of hydrogen-bond donors (Lipinski definition) is 0. The van der Waals surface area contributed by atoms with Crippen molar-refractivity contribution >= 4 is 11.9 Å². The zero-order chi connectivity index (χ0) is 46.4. The number of hydrogen-bond acceptors (Lipinski definition) is 7. The molecule has 370 valence electrons. The van der Waals surface area contributed by atoms with Crippen LogP contribution in [0.2, 0.25) is 0 Å². The van der Waals surface area contributed by atoms with Gasteiger partial charge in [-0.25, -0.2) is 0 Å². The molecule has 1 aliphatic rings. The summed E-state index contributed by atoms with van der Waals surface area (Å²) >= 11 is 0. The third-order valence-electron chi connectivity index (χ3n) is 12.4. The summed E-state index contributed by atoms with van der Waals surface area (Å²) in [6.07, 6.45) is 56.3. The molecule has 0 aromatic rings. The average molecular weight is 896 g/mol. The molecule has 0 aromatic heterocycles. The zero-order valence-corrected chi connectivity index (χ0v) is 42.4. The normalized spacial score (nSPS) is 17.4. The third-order valence-corrected chi connectivity index (χ3v) is 12.4. The van der Waals surface area contributed by atoms with Crippen LogP contribution in [0.3, 0.4) is 0 Å². The van der Waals surface area contributed by atoms with Gasteiger partial charge in [0.05, 0.1) is 19.1 Å². The van der Waals surface area contributed by atoms with Crippen molar-refractivity contribution in [3.05, 3.63) is 60.8 Å². The van der Waals surface area contributed by atoms with Gasteiger partial charge in [0.25, 0.3) is 0 Å². The monoisotopic (exact) mass is 896 g/mol. The van der Waals surface area contributed by atoms with E-state index in [-0.39, 0.29) is 42.4 Å². The molecule has 7 heteroatoms. The van der Waals surface area contributed by atoms with Crippen molar-refractivity contribution in [2.24, 2.45) is 17.8 Å². The van der Waals surface area contributed by atoms with Crippen LogP contribution in [0.15, 0.2) is 60.8 Å². The molecule has 0 N–H and O–H groups in total. The van der Waals surface area contributed by atoms with E-state index in [1.165, 1.54) is 122 Å². The SMILES string of the molecule is CC/C=C\CC1C(CC(=O)OCC(COCCCCCCCC/C=C\C/C=C\CCCCC)OCCCCCCCC/C=C\C/C=C\CCCCC)CCC1C(=O)OCCCN(C)C. The molecule has 7 nitrogen and oxygen atoms in total. The second-order valence-electron chi connectivity index (χ2n) is 18.7. The van der Waals surface area contributed by atoms with E-state index in [4.69, 9.17) is 18.9 Å². The average Bonchev–Trinajstić information content (AvgIpc) is 3.68. The maximum atomic E-state index is 13.3. The molecule has 0 heterocycles. The molecule has 64 heavy (non-hydrogen) atoms. The van der Waals surface area contributed by atoms with E-state index in [1.807, 2.05) is 14.1 Å². The summed E-state index contributed by atoms with van der Waals surface area (Å²) in [6, 6.07) is 0. The number of carbonyl (C=O) groups is 2. The van der Waals surface area contributed by atoms with Gasteiger partial charge in [-0.1, -0.05) is 159 Å². The molecule has 0 spiro atoms. The summed E-state index contributed by atoms with van der Waals surface area (Å²) in [5.74, 6) is -0.297. The fraction of sp³-hybridized carbons (Fsp3) is 0.789. The van der Waals surface area contributed by atoms with Gasteiger partial charge < -0.3 is 23.8 Å². The number of esters is 2. The second-order valence-corrected chi connectivity index (χ2v) is 18.7. The Bertz CT molecular complexity index is 1210. The van der Waals surface area contributed by atoms with Crippen LogP contribution in [0.1, 0.15) is 213 Å². The first-order valence-corrected chi connectivity index (χ1v) is 26.8. The van der Waals surface area contributed by atoms with Crippen molar-refractivity contribution in [3.8, 4) is 0 Å². The first-order valence-electron chi connectivity index (χ1n) is 26.8.